The molecule has 0 aliphatic carbocycles. The number of likely N-dealkylation sites (N-methyl/N-ethyl adjacent to an activating group) is 1. The lowest BCUT2D eigenvalue weighted by molar-refractivity contribution is 0.0677. The van der Waals surface area contributed by atoms with E-state index >= 15 is 0 Å². The highest BCUT2D eigenvalue weighted by atomic mass is 16.3. The summed E-state index contributed by atoms with van der Waals surface area (Å²) in [6.45, 7) is 10.8. The van der Waals surface area contributed by atoms with Crippen molar-refractivity contribution in [3.8, 4) is 0 Å². The molecule has 1 heterocycles. The SMILES string of the molecule is CCC(N)C(c1ccc(C)o1)N(C)C(C)(C)CC. The number of hydrogen-bond donors (Lipinski definition) is 1. The van der Waals surface area contributed by atoms with Crippen molar-refractivity contribution < 1.29 is 4.42 Å². The standard InChI is InChI=1S/C15H28N2O/c1-7-12(16)14(13-10-9-11(3)18-13)17(6)15(4,5)8-2/h9-10,12,14H,7-8,16H2,1-6H3. The number of aryl methyl sites for hydroxylation is 1. The third-order valence-electron chi connectivity index (χ3n) is 4.17. The molecule has 0 spiro atoms. The van der Waals surface area contributed by atoms with E-state index in [1.54, 1.807) is 0 Å². The summed E-state index contributed by atoms with van der Waals surface area (Å²) in [5, 5.41) is 0. The molecule has 1 aromatic rings. The molecule has 0 saturated carbocycles. The summed E-state index contributed by atoms with van der Waals surface area (Å²) < 4.78 is 5.81. The molecule has 0 radical (unpaired) electrons. The van der Waals surface area contributed by atoms with E-state index in [1.807, 2.05) is 13.0 Å². The first-order valence-corrected chi connectivity index (χ1v) is 6.88. The molecule has 2 atom stereocenters. The monoisotopic (exact) mass is 252 g/mol. The third-order valence-corrected chi connectivity index (χ3v) is 4.17. The minimum atomic E-state index is 0.0892. The maximum absolute atomic E-state index is 6.31. The second-order valence-electron chi connectivity index (χ2n) is 5.74. The molecule has 2 N–H and O–H groups in total. The van der Waals surface area contributed by atoms with Gasteiger partial charge in [0.2, 0.25) is 0 Å². The Hall–Kier alpha value is -0.800. The Morgan fingerprint density at radius 1 is 1.33 bits per heavy atom. The number of nitrogens with two attached hydrogens (primary N) is 1. The van der Waals surface area contributed by atoms with E-state index in [9.17, 15) is 0 Å². The average molecular weight is 252 g/mol. The van der Waals surface area contributed by atoms with Crippen LogP contribution in [0.4, 0.5) is 0 Å². The van der Waals surface area contributed by atoms with Crippen LogP contribution in [0.25, 0.3) is 0 Å². The molecule has 1 rings (SSSR count). The van der Waals surface area contributed by atoms with Crippen LogP contribution in [0.5, 0.6) is 0 Å². The van der Waals surface area contributed by atoms with Crippen LogP contribution in [0, 0.1) is 6.92 Å². The van der Waals surface area contributed by atoms with Gasteiger partial charge < -0.3 is 10.2 Å². The predicted molar refractivity (Wildman–Crippen MR) is 76.6 cm³/mol. The van der Waals surface area contributed by atoms with Gasteiger partial charge in [-0.05, 0) is 52.8 Å². The molecule has 0 bridgehead atoms. The molecule has 104 valence electrons. The second kappa shape index (κ2) is 5.89. The Morgan fingerprint density at radius 3 is 2.33 bits per heavy atom. The van der Waals surface area contributed by atoms with Crippen molar-refractivity contribution in [2.24, 2.45) is 5.73 Å². The average Bonchev–Trinajstić information content (AvgIpc) is 2.75. The molecule has 0 amide bonds. The van der Waals surface area contributed by atoms with E-state index in [2.05, 4.69) is 45.7 Å². The lowest BCUT2D eigenvalue weighted by Gasteiger charge is -2.42. The quantitative estimate of drug-likeness (QED) is 0.842. The number of hydrogen-bond acceptors (Lipinski definition) is 3. The van der Waals surface area contributed by atoms with Gasteiger partial charge in [0, 0.05) is 11.6 Å². The lowest BCUT2D eigenvalue weighted by atomic mass is 9.93. The molecule has 0 saturated heterocycles. The molecule has 0 aliphatic heterocycles. The summed E-state index contributed by atoms with van der Waals surface area (Å²) in [4.78, 5) is 2.35. The highest BCUT2D eigenvalue weighted by molar-refractivity contribution is 5.13. The molecular formula is C15H28N2O. The topological polar surface area (TPSA) is 42.4 Å². The Morgan fingerprint density at radius 2 is 1.94 bits per heavy atom. The summed E-state index contributed by atoms with van der Waals surface area (Å²) in [6, 6.07) is 4.29. The van der Waals surface area contributed by atoms with E-state index in [4.69, 9.17) is 10.2 Å². The fourth-order valence-electron chi connectivity index (χ4n) is 2.15. The van der Waals surface area contributed by atoms with E-state index < -0.39 is 0 Å². The van der Waals surface area contributed by atoms with Gasteiger partial charge in [0.1, 0.15) is 11.5 Å². The Balaban J connectivity index is 3.06. The van der Waals surface area contributed by atoms with Crippen molar-refractivity contribution in [3.05, 3.63) is 23.7 Å². The largest absolute Gasteiger partial charge is 0.465 e. The molecule has 18 heavy (non-hydrogen) atoms. The van der Waals surface area contributed by atoms with Gasteiger partial charge in [-0.25, -0.2) is 0 Å². The Kier molecular flexibility index (Phi) is 5.00. The number of furan rings is 1. The van der Waals surface area contributed by atoms with Gasteiger partial charge in [0.05, 0.1) is 6.04 Å². The van der Waals surface area contributed by atoms with Crippen molar-refractivity contribution in [3.63, 3.8) is 0 Å². The van der Waals surface area contributed by atoms with Crippen LogP contribution >= 0.6 is 0 Å². The predicted octanol–water partition coefficient (Wildman–Crippen LogP) is 3.49. The maximum Gasteiger partial charge on any atom is 0.122 e. The van der Waals surface area contributed by atoms with Crippen molar-refractivity contribution in [1.29, 1.82) is 0 Å². The van der Waals surface area contributed by atoms with Gasteiger partial charge in [-0.2, -0.15) is 0 Å². The zero-order chi connectivity index (χ0) is 13.9. The summed E-state index contributed by atoms with van der Waals surface area (Å²) in [5.41, 5.74) is 6.42. The molecule has 1 aromatic heterocycles. The van der Waals surface area contributed by atoms with Crippen LogP contribution in [0.1, 0.15) is 58.1 Å². The van der Waals surface area contributed by atoms with Crippen LogP contribution in [0.3, 0.4) is 0 Å². The third kappa shape index (κ3) is 3.15. The first kappa shape index (κ1) is 15.3. The summed E-state index contributed by atoms with van der Waals surface area (Å²) in [6.07, 6.45) is 2.02. The summed E-state index contributed by atoms with van der Waals surface area (Å²) in [5.74, 6) is 1.92. The van der Waals surface area contributed by atoms with Gasteiger partial charge in [0.25, 0.3) is 0 Å². The normalized spacial score (nSPS) is 16.0. The van der Waals surface area contributed by atoms with Gasteiger partial charge in [-0.1, -0.05) is 13.8 Å². The van der Waals surface area contributed by atoms with E-state index in [1.165, 1.54) is 0 Å². The van der Waals surface area contributed by atoms with Gasteiger partial charge >= 0.3 is 0 Å². The van der Waals surface area contributed by atoms with E-state index in [0.717, 1.165) is 24.4 Å². The summed E-state index contributed by atoms with van der Waals surface area (Å²) >= 11 is 0. The first-order valence-electron chi connectivity index (χ1n) is 6.88. The molecule has 3 nitrogen and oxygen atoms in total. The fourth-order valence-corrected chi connectivity index (χ4v) is 2.15. The van der Waals surface area contributed by atoms with Crippen molar-refractivity contribution in [2.45, 2.75) is 65.1 Å². The van der Waals surface area contributed by atoms with Gasteiger partial charge in [0.15, 0.2) is 0 Å². The Labute approximate surface area is 111 Å². The molecule has 0 aromatic carbocycles. The van der Waals surface area contributed by atoms with Crippen LogP contribution in [0.15, 0.2) is 16.5 Å². The van der Waals surface area contributed by atoms with Crippen molar-refractivity contribution >= 4 is 0 Å². The van der Waals surface area contributed by atoms with Crippen LogP contribution in [0.2, 0.25) is 0 Å². The maximum atomic E-state index is 6.31. The number of nitrogens with zero attached hydrogens (tertiary/aromatic N) is 1. The van der Waals surface area contributed by atoms with Crippen molar-refractivity contribution in [2.75, 3.05) is 7.05 Å². The molecule has 3 heteroatoms. The first-order chi connectivity index (χ1) is 8.33. The highest BCUT2D eigenvalue weighted by Gasteiger charge is 2.33. The highest BCUT2D eigenvalue weighted by Crippen LogP contribution is 2.32. The lowest BCUT2D eigenvalue weighted by Crippen LogP contribution is -2.48. The molecule has 2 unspecified atom stereocenters. The van der Waals surface area contributed by atoms with Crippen LogP contribution < -0.4 is 5.73 Å². The van der Waals surface area contributed by atoms with Crippen molar-refractivity contribution in [1.82, 2.24) is 4.90 Å². The summed E-state index contributed by atoms with van der Waals surface area (Å²) in [7, 11) is 2.14. The van der Waals surface area contributed by atoms with E-state index in [-0.39, 0.29) is 17.6 Å². The minimum Gasteiger partial charge on any atom is -0.465 e. The zero-order valence-electron chi connectivity index (χ0n) is 12.7. The second-order valence-corrected chi connectivity index (χ2v) is 5.74. The number of rotatable bonds is 6. The van der Waals surface area contributed by atoms with Gasteiger partial charge in [-0.3, -0.25) is 4.90 Å². The van der Waals surface area contributed by atoms with Crippen LogP contribution in [-0.4, -0.2) is 23.5 Å². The fraction of sp³-hybridized carbons (Fsp3) is 0.733. The molecular weight excluding hydrogens is 224 g/mol. The smallest absolute Gasteiger partial charge is 0.122 e. The molecule has 0 fully saturated rings. The Bertz CT molecular complexity index is 370. The van der Waals surface area contributed by atoms with Crippen LogP contribution in [-0.2, 0) is 0 Å². The zero-order valence-corrected chi connectivity index (χ0v) is 12.7. The van der Waals surface area contributed by atoms with E-state index in [0.29, 0.717) is 0 Å². The molecule has 0 aliphatic rings. The minimum absolute atomic E-state index is 0.0892. The van der Waals surface area contributed by atoms with Gasteiger partial charge in [-0.15, -0.1) is 0 Å².